The summed E-state index contributed by atoms with van der Waals surface area (Å²) in [5.41, 5.74) is 0.222. The summed E-state index contributed by atoms with van der Waals surface area (Å²) in [7, 11) is 1.28. The van der Waals surface area contributed by atoms with Crippen molar-refractivity contribution in [2.75, 3.05) is 13.7 Å². The largest absolute Gasteiger partial charge is 0.507 e. The zero-order chi connectivity index (χ0) is 23.2. The molecule has 3 aromatic rings. The molecule has 2 aromatic carbocycles. The maximum absolute atomic E-state index is 10.2. The molecule has 1 saturated heterocycles. The average molecular weight is 449 g/mol. The maximum Gasteiger partial charge on any atom is 0.402 e. The van der Waals surface area contributed by atoms with Gasteiger partial charge < -0.3 is 50.0 Å². The van der Waals surface area contributed by atoms with E-state index in [1.165, 1.54) is 25.3 Å². The standard InChI is InChI=1S/C21H20O11/c1-29-15-3-8(2-12(24)17(15)26)20-16(32-21-19(28)18(27)13(25)7-30-21)6-10-11(23)4-9(22)5-14(10)31-20/h2-6,13,18-19,21,25,27-28H,7H2,1H3,(H3-,22,23,24,26)/p+1/t13-,18-,19+,21-/m0/s1. The fourth-order valence-electron chi connectivity index (χ4n) is 3.36. The number of hydrogen-bond donors (Lipinski definition) is 7. The molecule has 11 nitrogen and oxygen atoms in total. The first-order valence-electron chi connectivity index (χ1n) is 9.45. The third-order valence-electron chi connectivity index (χ3n) is 5.05. The maximum atomic E-state index is 10.2. The van der Waals surface area contributed by atoms with Gasteiger partial charge in [0.1, 0.15) is 35.2 Å². The number of benzene rings is 2. The SMILES string of the molecule is COc1cc(-c2[o+]c3cc(O)cc(O)c3cc2O[C@@H]2OC[C@H](O)[C@H](O)[C@H]2O)cc(O)c1O. The Balaban J connectivity index is 1.88. The summed E-state index contributed by atoms with van der Waals surface area (Å²) in [4.78, 5) is 0. The minimum Gasteiger partial charge on any atom is -0.507 e. The van der Waals surface area contributed by atoms with Gasteiger partial charge in [-0.05, 0) is 0 Å². The fraction of sp³-hybridized carbons (Fsp3) is 0.286. The number of ether oxygens (including phenoxy) is 3. The van der Waals surface area contributed by atoms with Crippen molar-refractivity contribution in [3.8, 4) is 45.8 Å². The molecule has 4 atom stereocenters. The number of methoxy groups -OCH3 is 1. The zero-order valence-corrected chi connectivity index (χ0v) is 16.7. The molecule has 0 bridgehead atoms. The Hall–Kier alpha value is -3.51. The van der Waals surface area contributed by atoms with E-state index in [1.54, 1.807) is 0 Å². The van der Waals surface area contributed by atoms with Crippen molar-refractivity contribution in [3.63, 3.8) is 0 Å². The normalized spacial score (nSPS) is 23.2. The van der Waals surface area contributed by atoms with E-state index < -0.39 is 36.1 Å². The summed E-state index contributed by atoms with van der Waals surface area (Å²) in [6, 6.07) is 6.17. The first kappa shape index (κ1) is 21.7. The first-order chi connectivity index (χ1) is 15.2. The van der Waals surface area contributed by atoms with Crippen LogP contribution in [0.2, 0.25) is 0 Å². The lowest BCUT2D eigenvalue weighted by Crippen LogP contribution is -2.54. The molecule has 170 valence electrons. The van der Waals surface area contributed by atoms with Crippen LogP contribution in [0.25, 0.3) is 22.3 Å². The van der Waals surface area contributed by atoms with Gasteiger partial charge in [0.05, 0.1) is 25.3 Å². The Bertz CT molecular complexity index is 1160. The minimum absolute atomic E-state index is 0.0486. The van der Waals surface area contributed by atoms with Gasteiger partial charge in [-0.15, -0.1) is 0 Å². The van der Waals surface area contributed by atoms with Crippen LogP contribution in [-0.4, -0.2) is 74.1 Å². The van der Waals surface area contributed by atoms with E-state index in [4.69, 9.17) is 18.6 Å². The fourth-order valence-corrected chi connectivity index (χ4v) is 3.36. The van der Waals surface area contributed by atoms with E-state index in [0.717, 1.165) is 12.1 Å². The van der Waals surface area contributed by atoms with Gasteiger partial charge in [0.15, 0.2) is 11.5 Å². The minimum atomic E-state index is -1.61. The lowest BCUT2D eigenvalue weighted by molar-refractivity contribution is -0.242. The summed E-state index contributed by atoms with van der Waals surface area (Å²) in [6.07, 6.45) is -5.86. The molecule has 4 rings (SSSR count). The lowest BCUT2D eigenvalue weighted by atomic mass is 10.1. The summed E-state index contributed by atoms with van der Waals surface area (Å²) in [6.45, 7) is -0.310. The Morgan fingerprint density at radius 1 is 0.906 bits per heavy atom. The van der Waals surface area contributed by atoms with Crippen LogP contribution in [0, 0.1) is 0 Å². The molecule has 0 unspecified atom stereocenters. The third-order valence-corrected chi connectivity index (χ3v) is 5.05. The molecule has 1 aromatic heterocycles. The van der Waals surface area contributed by atoms with Gasteiger partial charge in [-0.1, -0.05) is 0 Å². The van der Waals surface area contributed by atoms with E-state index in [0.29, 0.717) is 0 Å². The number of phenolic OH excluding ortho intramolecular Hbond substituents is 4. The Morgan fingerprint density at radius 3 is 2.38 bits per heavy atom. The molecule has 1 fully saturated rings. The molecular weight excluding hydrogens is 428 g/mol. The molecule has 0 spiro atoms. The Kier molecular flexibility index (Phi) is 5.57. The van der Waals surface area contributed by atoms with Crippen LogP contribution in [0.3, 0.4) is 0 Å². The van der Waals surface area contributed by atoms with Crippen molar-refractivity contribution in [1.29, 1.82) is 0 Å². The molecule has 2 heterocycles. The molecule has 11 heteroatoms. The number of phenols is 4. The predicted molar refractivity (Wildman–Crippen MR) is 108 cm³/mol. The number of hydrogen-bond acceptors (Lipinski definition) is 10. The first-order valence-corrected chi connectivity index (χ1v) is 9.45. The van der Waals surface area contributed by atoms with Crippen LogP contribution in [0.1, 0.15) is 0 Å². The predicted octanol–water partition coefficient (Wildman–Crippen LogP) is 1.03. The van der Waals surface area contributed by atoms with Crippen molar-refractivity contribution in [2.45, 2.75) is 24.6 Å². The van der Waals surface area contributed by atoms with Gasteiger partial charge in [-0.3, -0.25) is 0 Å². The molecule has 32 heavy (non-hydrogen) atoms. The third kappa shape index (κ3) is 3.78. The summed E-state index contributed by atoms with van der Waals surface area (Å²) >= 11 is 0. The van der Waals surface area contributed by atoms with Crippen molar-refractivity contribution in [1.82, 2.24) is 0 Å². The molecule has 1 aliphatic heterocycles. The second-order valence-electron chi connectivity index (χ2n) is 7.23. The second kappa shape index (κ2) is 8.20. The highest BCUT2D eigenvalue weighted by Crippen LogP contribution is 2.45. The molecule has 1 aliphatic rings. The topological polar surface area (TPSA) is 181 Å². The van der Waals surface area contributed by atoms with Crippen LogP contribution in [0.4, 0.5) is 0 Å². The average Bonchev–Trinajstić information content (AvgIpc) is 2.75. The van der Waals surface area contributed by atoms with Crippen molar-refractivity contribution in [3.05, 3.63) is 30.3 Å². The summed E-state index contributed by atoms with van der Waals surface area (Å²) in [5, 5.41) is 70.0. The van der Waals surface area contributed by atoms with Crippen LogP contribution in [-0.2, 0) is 4.74 Å². The Labute approximate surface area is 180 Å². The zero-order valence-electron chi connectivity index (χ0n) is 16.7. The number of fused-ring (bicyclic) bond motifs is 1. The van der Waals surface area contributed by atoms with Gasteiger partial charge in [0.2, 0.25) is 17.8 Å². The van der Waals surface area contributed by atoms with Crippen molar-refractivity contribution in [2.24, 2.45) is 0 Å². The molecule has 0 amide bonds. The van der Waals surface area contributed by atoms with Gasteiger partial charge in [0, 0.05) is 24.3 Å². The summed E-state index contributed by atoms with van der Waals surface area (Å²) in [5.74, 6) is -1.83. The molecular formula is C21H21O11+. The molecule has 0 radical (unpaired) electrons. The van der Waals surface area contributed by atoms with Crippen molar-refractivity contribution < 1.29 is 54.4 Å². The summed E-state index contributed by atoms with van der Waals surface area (Å²) < 4.78 is 21.9. The smallest absolute Gasteiger partial charge is 0.402 e. The van der Waals surface area contributed by atoms with Gasteiger partial charge >= 0.3 is 11.3 Å². The molecule has 0 saturated carbocycles. The van der Waals surface area contributed by atoms with E-state index in [9.17, 15) is 35.7 Å². The Morgan fingerprint density at radius 2 is 1.66 bits per heavy atom. The van der Waals surface area contributed by atoms with Crippen LogP contribution >= 0.6 is 0 Å². The van der Waals surface area contributed by atoms with Crippen LogP contribution in [0.5, 0.6) is 34.5 Å². The van der Waals surface area contributed by atoms with E-state index >= 15 is 0 Å². The van der Waals surface area contributed by atoms with Gasteiger partial charge in [0.25, 0.3) is 0 Å². The molecule has 0 aliphatic carbocycles. The second-order valence-corrected chi connectivity index (χ2v) is 7.23. The van der Waals surface area contributed by atoms with Crippen LogP contribution < -0.4 is 9.47 Å². The van der Waals surface area contributed by atoms with Crippen molar-refractivity contribution >= 4 is 11.0 Å². The number of aromatic hydroxyl groups is 4. The van der Waals surface area contributed by atoms with E-state index in [1.807, 2.05) is 0 Å². The highest BCUT2D eigenvalue weighted by atomic mass is 16.7. The van der Waals surface area contributed by atoms with E-state index in [2.05, 4.69) is 0 Å². The number of rotatable bonds is 4. The van der Waals surface area contributed by atoms with Gasteiger partial charge in [-0.25, -0.2) is 4.42 Å². The van der Waals surface area contributed by atoms with Crippen LogP contribution in [0.15, 0.2) is 34.7 Å². The van der Waals surface area contributed by atoms with E-state index in [-0.39, 0.29) is 51.9 Å². The highest BCUT2D eigenvalue weighted by molar-refractivity contribution is 5.88. The quantitative estimate of drug-likeness (QED) is 0.223. The number of aliphatic hydroxyl groups is 3. The monoisotopic (exact) mass is 449 g/mol. The molecule has 7 N–H and O–H groups in total. The highest BCUT2D eigenvalue weighted by Gasteiger charge is 2.40. The lowest BCUT2D eigenvalue weighted by Gasteiger charge is -2.34. The number of aliphatic hydroxyl groups excluding tert-OH is 3. The van der Waals surface area contributed by atoms with Gasteiger partial charge in [-0.2, -0.15) is 0 Å².